The molecule has 2 nitrogen and oxygen atoms in total. The largest absolute Gasteiger partial charge is 0.478 e. The highest BCUT2D eigenvalue weighted by atomic mass is 79.9. The first kappa shape index (κ1) is 11.7. The summed E-state index contributed by atoms with van der Waals surface area (Å²) in [5.74, 6) is -0.972. The normalized spacial score (nSPS) is 10.2. The topological polar surface area (TPSA) is 37.3 Å². The Bertz CT molecular complexity index is 375. The van der Waals surface area contributed by atoms with Crippen molar-refractivity contribution in [1.29, 1.82) is 0 Å². The second kappa shape index (κ2) is 4.42. The fraction of sp³-hybridized carbons (Fsp3) is 0. The molecular formula is C7H2Br4O2. The summed E-state index contributed by atoms with van der Waals surface area (Å²) in [4.78, 5) is 10.8. The van der Waals surface area contributed by atoms with Crippen LogP contribution in [0.1, 0.15) is 10.4 Å². The van der Waals surface area contributed by atoms with Crippen LogP contribution in [0.2, 0.25) is 0 Å². The number of benzene rings is 1. The third-order valence-corrected chi connectivity index (χ3v) is 5.99. The number of rotatable bonds is 1. The van der Waals surface area contributed by atoms with E-state index in [1.807, 2.05) is 0 Å². The van der Waals surface area contributed by atoms with Gasteiger partial charge in [0.15, 0.2) is 0 Å². The Balaban J connectivity index is 3.50. The highest BCUT2D eigenvalue weighted by molar-refractivity contribution is 9.15. The molecule has 0 aromatic heterocycles. The first-order chi connectivity index (χ1) is 5.95. The molecule has 0 saturated carbocycles. The lowest BCUT2D eigenvalue weighted by molar-refractivity contribution is 0.0695. The number of hydrogen-bond donors (Lipinski definition) is 1. The fourth-order valence-electron chi connectivity index (χ4n) is 0.728. The van der Waals surface area contributed by atoms with Crippen molar-refractivity contribution in [3.63, 3.8) is 0 Å². The smallest absolute Gasteiger partial charge is 0.336 e. The number of hydrogen-bond acceptors (Lipinski definition) is 1. The van der Waals surface area contributed by atoms with Crippen LogP contribution in [-0.4, -0.2) is 11.1 Å². The minimum atomic E-state index is -0.972. The molecule has 13 heavy (non-hydrogen) atoms. The molecule has 0 aliphatic carbocycles. The third kappa shape index (κ3) is 2.34. The van der Waals surface area contributed by atoms with Crippen LogP contribution in [0.4, 0.5) is 0 Å². The Kier molecular flexibility index (Phi) is 3.97. The van der Waals surface area contributed by atoms with Crippen molar-refractivity contribution >= 4 is 69.7 Å². The number of carbonyl (C=O) groups is 1. The maximum Gasteiger partial charge on any atom is 0.336 e. The lowest BCUT2D eigenvalue weighted by atomic mass is 10.2. The third-order valence-electron chi connectivity index (χ3n) is 1.33. The van der Waals surface area contributed by atoms with Gasteiger partial charge in [-0.25, -0.2) is 4.79 Å². The van der Waals surface area contributed by atoms with E-state index in [2.05, 4.69) is 63.7 Å². The first-order valence-electron chi connectivity index (χ1n) is 3.01. The molecule has 0 amide bonds. The molecule has 1 rings (SSSR count). The maximum atomic E-state index is 10.8. The molecule has 0 spiro atoms. The van der Waals surface area contributed by atoms with Gasteiger partial charge in [0, 0.05) is 17.9 Å². The number of carboxylic acid groups (broad SMARTS) is 1. The van der Waals surface area contributed by atoms with Gasteiger partial charge in [-0.3, -0.25) is 0 Å². The molecule has 0 fully saturated rings. The van der Waals surface area contributed by atoms with Crippen LogP contribution in [0.5, 0.6) is 0 Å². The minimum Gasteiger partial charge on any atom is -0.478 e. The summed E-state index contributed by atoms with van der Waals surface area (Å²) in [5, 5.41) is 8.82. The second-order valence-electron chi connectivity index (χ2n) is 2.15. The number of halogens is 4. The van der Waals surface area contributed by atoms with Crippen molar-refractivity contribution in [2.45, 2.75) is 0 Å². The van der Waals surface area contributed by atoms with Crippen LogP contribution < -0.4 is 0 Å². The van der Waals surface area contributed by atoms with Gasteiger partial charge in [0.1, 0.15) is 0 Å². The predicted molar refractivity (Wildman–Crippen MR) is 64.2 cm³/mol. The lowest BCUT2D eigenvalue weighted by Crippen LogP contribution is -1.98. The Labute approximate surface area is 108 Å². The van der Waals surface area contributed by atoms with Crippen molar-refractivity contribution in [1.82, 2.24) is 0 Å². The van der Waals surface area contributed by atoms with Crippen LogP contribution in [0, 0.1) is 0 Å². The van der Waals surface area contributed by atoms with E-state index >= 15 is 0 Å². The zero-order valence-corrected chi connectivity index (χ0v) is 12.3. The van der Waals surface area contributed by atoms with E-state index in [4.69, 9.17) is 5.11 Å². The average Bonchev–Trinajstić information content (AvgIpc) is 2.07. The van der Waals surface area contributed by atoms with Gasteiger partial charge in [0.05, 0.1) is 5.56 Å². The summed E-state index contributed by atoms with van der Waals surface area (Å²) in [7, 11) is 0. The fourth-order valence-corrected chi connectivity index (χ4v) is 2.91. The second-order valence-corrected chi connectivity index (χ2v) is 5.39. The van der Waals surface area contributed by atoms with Crippen LogP contribution in [0.3, 0.4) is 0 Å². The molecule has 0 atom stereocenters. The van der Waals surface area contributed by atoms with Gasteiger partial charge in [-0.15, -0.1) is 0 Å². The summed E-state index contributed by atoms with van der Waals surface area (Å²) in [5.41, 5.74) is 0.210. The van der Waals surface area contributed by atoms with Crippen molar-refractivity contribution in [3.8, 4) is 0 Å². The van der Waals surface area contributed by atoms with E-state index in [9.17, 15) is 4.79 Å². The van der Waals surface area contributed by atoms with Gasteiger partial charge in [-0.05, 0) is 69.8 Å². The maximum absolute atomic E-state index is 10.8. The molecule has 6 heteroatoms. The van der Waals surface area contributed by atoms with E-state index in [1.54, 1.807) is 0 Å². The summed E-state index contributed by atoms with van der Waals surface area (Å²) < 4.78 is 2.68. The van der Waals surface area contributed by atoms with Crippen molar-refractivity contribution in [2.24, 2.45) is 0 Å². The zero-order chi connectivity index (χ0) is 10.2. The van der Waals surface area contributed by atoms with E-state index in [0.717, 1.165) is 4.47 Å². The quantitative estimate of drug-likeness (QED) is 0.521. The Morgan fingerprint density at radius 3 is 2.08 bits per heavy atom. The first-order valence-corrected chi connectivity index (χ1v) is 6.18. The summed E-state index contributed by atoms with van der Waals surface area (Å²) >= 11 is 13.0. The SMILES string of the molecule is O=C(O)c1cc(Br)c(Br)c(Br)c1Br. The standard InChI is InChI=1S/C7H2Br4O2/c8-3-1-2(7(12)13)4(9)6(11)5(3)10/h1H,(H,12,13). The molecular weight excluding hydrogens is 436 g/mol. The monoisotopic (exact) mass is 434 g/mol. The molecule has 1 N–H and O–H groups in total. The van der Waals surface area contributed by atoms with Crippen molar-refractivity contribution in [2.75, 3.05) is 0 Å². The van der Waals surface area contributed by atoms with E-state index < -0.39 is 5.97 Å². The Morgan fingerprint density at radius 1 is 1.08 bits per heavy atom. The molecule has 0 aliphatic heterocycles. The number of aromatic carboxylic acids is 1. The molecule has 0 radical (unpaired) electrons. The minimum absolute atomic E-state index is 0.210. The lowest BCUT2D eigenvalue weighted by Gasteiger charge is -2.05. The molecule has 0 unspecified atom stereocenters. The van der Waals surface area contributed by atoms with Gasteiger partial charge in [-0.1, -0.05) is 0 Å². The molecule has 1 aromatic carbocycles. The van der Waals surface area contributed by atoms with Crippen LogP contribution >= 0.6 is 63.7 Å². The van der Waals surface area contributed by atoms with E-state index in [-0.39, 0.29) is 5.56 Å². The van der Waals surface area contributed by atoms with Crippen molar-refractivity contribution < 1.29 is 9.90 Å². The summed E-state index contributed by atoms with van der Waals surface area (Å²) in [6, 6.07) is 1.53. The van der Waals surface area contributed by atoms with Gasteiger partial charge >= 0.3 is 5.97 Å². The number of carboxylic acids is 1. The van der Waals surface area contributed by atoms with Crippen LogP contribution in [0.15, 0.2) is 24.0 Å². The van der Waals surface area contributed by atoms with Gasteiger partial charge in [-0.2, -0.15) is 0 Å². The average molecular weight is 438 g/mol. The molecule has 70 valence electrons. The zero-order valence-electron chi connectivity index (χ0n) is 5.94. The highest BCUT2D eigenvalue weighted by Gasteiger charge is 2.15. The van der Waals surface area contributed by atoms with E-state index in [1.165, 1.54) is 6.07 Å². The van der Waals surface area contributed by atoms with E-state index in [0.29, 0.717) is 13.4 Å². The van der Waals surface area contributed by atoms with Crippen molar-refractivity contribution in [3.05, 3.63) is 29.5 Å². The van der Waals surface area contributed by atoms with Crippen LogP contribution in [-0.2, 0) is 0 Å². The summed E-state index contributed by atoms with van der Waals surface area (Å²) in [6.07, 6.45) is 0. The van der Waals surface area contributed by atoms with Gasteiger partial charge in [0.2, 0.25) is 0 Å². The molecule has 0 saturated heterocycles. The molecule has 0 aliphatic rings. The van der Waals surface area contributed by atoms with Gasteiger partial charge in [0.25, 0.3) is 0 Å². The summed E-state index contributed by atoms with van der Waals surface area (Å²) in [6.45, 7) is 0. The van der Waals surface area contributed by atoms with Gasteiger partial charge < -0.3 is 5.11 Å². The highest BCUT2D eigenvalue weighted by Crippen LogP contribution is 2.38. The predicted octanol–water partition coefficient (Wildman–Crippen LogP) is 4.43. The molecule has 0 bridgehead atoms. The Hall–Kier alpha value is 0.610. The van der Waals surface area contributed by atoms with Crippen LogP contribution in [0.25, 0.3) is 0 Å². The molecule has 0 heterocycles. The Morgan fingerprint density at radius 2 is 1.62 bits per heavy atom. The molecule has 1 aromatic rings.